The molecule has 3 rings (SSSR count). The van der Waals surface area contributed by atoms with E-state index in [9.17, 15) is 18.0 Å². The molecule has 0 atom stereocenters. The maximum atomic E-state index is 12.7. The number of aromatic nitrogens is 2. The number of rotatable bonds is 3. The molecular formula is C16H12F3N3O. The van der Waals surface area contributed by atoms with Crippen molar-refractivity contribution in [2.75, 3.05) is 5.32 Å². The van der Waals surface area contributed by atoms with Gasteiger partial charge in [-0.3, -0.25) is 9.48 Å². The maximum Gasteiger partial charge on any atom is 0.416 e. The smallest absolute Gasteiger partial charge is 0.324 e. The van der Waals surface area contributed by atoms with Gasteiger partial charge in [-0.2, -0.15) is 18.3 Å². The maximum absolute atomic E-state index is 12.7. The third-order valence-corrected chi connectivity index (χ3v) is 3.32. The highest BCUT2D eigenvalue weighted by Crippen LogP contribution is 2.30. The van der Waals surface area contributed by atoms with Crippen molar-refractivity contribution in [3.05, 3.63) is 60.3 Å². The van der Waals surface area contributed by atoms with Crippen LogP contribution in [0.3, 0.4) is 0 Å². The van der Waals surface area contributed by atoms with E-state index in [1.807, 2.05) is 24.3 Å². The van der Waals surface area contributed by atoms with Gasteiger partial charge in [-0.05, 0) is 24.3 Å². The summed E-state index contributed by atoms with van der Waals surface area (Å²) in [7, 11) is 0. The van der Waals surface area contributed by atoms with E-state index < -0.39 is 17.6 Å². The van der Waals surface area contributed by atoms with E-state index >= 15 is 0 Å². The Hall–Kier alpha value is -2.83. The zero-order valence-corrected chi connectivity index (χ0v) is 11.8. The van der Waals surface area contributed by atoms with Gasteiger partial charge in [0.05, 0.1) is 17.3 Å². The lowest BCUT2D eigenvalue weighted by Crippen LogP contribution is -2.19. The number of carbonyl (C=O) groups excluding carboxylic acids is 1. The zero-order chi connectivity index (χ0) is 16.4. The SMILES string of the molecule is O=C(Cn1ncc2ccccc21)Nc1cccc(C(F)(F)F)c1. The number of para-hydroxylation sites is 1. The van der Waals surface area contributed by atoms with Crippen molar-refractivity contribution in [1.82, 2.24) is 9.78 Å². The number of nitrogens with one attached hydrogen (secondary N) is 1. The van der Waals surface area contributed by atoms with E-state index in [1.165, 1.54) is 16.8 Å². The van der Waals surface area contributed by atoms with Crippen LogP contribution in [-0.2, 0) is 17.5 Å². The fourth-order valence-electron chi connectivity index (χ4n) is 2.26. The summed E-state index contributed by atoms with van der Waals surface area (Å²) in [6, 6.07) is 11.9. The number of carbonyl (C=O) groups is 1. The van der Waals surface area contributed by atoms with Crippen molar-refractivity contribution in [2.24, 2.45) is 0 Å². The van der Waals surface area contributed by atoms with Crippen LogP contribution in [-0.4, -0.2) is 15.7 Å². The molecule has 0 radical (unpaired) electrons. The van der Waals surface area contributed by atoms with Crippen LogP contribution in [0, 0.1) is 0 Å². The van der Waals surface area contributed by atoms with Crippen molar-refractivity contribution in [2.45, 2.75) is 12.7 Å². The Morgan fingerprint density at radius 1 is 1.13 bits per heavy atom. The van der Waals surface area contributed by atoms with Gasteiger partial charge >= 0.3 is 6.18 Å². The molecule has 0 saturated carbocycles. The van der Waals surface area contributed by atoms with Gasteiger partial charge < -0.3 is 5.32 Å². The van der Waals surface area contributed by atoms with Crippen molar-refractivity contribution < 1.29 is 18.0 Å². The molecule has 0 bridgehead atoms. The molecule has 0 unspecified atom stereocenters. The predicted octanol–water partition coefficient (Wildman–Crippen LogP) is 3.69. The summed E-state index contributed by atoms with van der Waals surface area (Å²) in [5.74, 6) is -0.446. The first-order valence-electron chi connectivity index (χ1n) is 6.81. The van der Waals surface area contributed by atoms with Crippen LogP contribution >= 0.6 is 0 Å². The van der Waals surface area contributed by atoms with E-state index in [0.717, 1.165) is 23.0 Å². The summed E-state index contributed by atoms with van der Waals surface area (Å²) in [4.78, 5) is 12.0. The van der Waals surface area contributed by atoms with Gasteiger partial charge in [0, 0.05) is 11.1 Å². The molecule has 0 aliphatic heterocycles. The average molecular weight is 319 g/mol. The second-order valence-electron chi connectivity index (χ2n) is 4.99. The van der Waals surface area contributed by atoms with Gasteiger partial charge in [0.25, 0.3) is 0 Å². The monoisotopic (exact) mass is 319 g/mol. The number of amides is 1. The molecule has 2 aromatic carbocycles. The molecule has 23 heavy (non-hydrogen) atoms. The van der Waals surface area contributed by atoms with Crippen molar-refractivity contribution in [1.29, 1.82) is 0 Å². The first kappa shape index (κ1) is 15.1. The molecule has 0 spiro atoms. The second kappa shape index (κ2) is 5.75. The number of hydrogen-bond acceptors (Lipinski definition) is 2. The van der Waals surface area contributed by atoms with Crippen molar-refractivity contribution >= 4 is 22.5 Å². The Morgan fingerprint density at radius 3 is 2.70 bits per heavy atom. The van der Waals surface area contributed by atoms with E-state index in [1.54, 1.807) is 6.20 Å². The molecule has 118 valence electrons. The van der Waals surface area contributed by atoms with E-state index in [-0.39, 0.29) is 12.2 Å². The summed E-state index contributed by atoms with van der Waals surface area (Å²) in [6.45, 7) is -0.0796. The Labute approximate surface area is 129 Å². The van der Waals surface area contributed by atoms with Crippen LogP contribution < -0.4 is 5.32 Å². The lowest BCUT2D eigenvalue weighted by atomic mass is 10.2. The van der Waals surface area contributed by atoms with E-state index in [0.29, 0.717) is 0 Å². The standard InChI is InChI=1S/C16H12F3N3O/c17-16(18,19)12-5-3-6-13(8-12)21-15(23)10-22-14-7-2-1-4-11(14)9-20-22/h1-9H,10H2,(H,21,23). The Morgan fingerprint density at radius 2 is 1.91 bits per heavy atom. The summed E-state index contributed by atoms with van der Waals surface area (Å²) >= 11 is 0. The van der Waals surface area contributed by atoms with Crippen LogP contribution in [0.4, 0.5) is 18.9 Å². The number of halogens is 3. The highest BCUT2D eigenvalue weighted by Gasteiger charge is 2.30. The molecule has 3 aromatic rings. The van der Waals surface area contributed by atoms with Crippen molar-refractivity contribution in [3.8, 4) is 0 Å². The van der Waals surface area contributed by atoms with Gasteiger partial charge in [0.15, 0.2) is 0 Å². The normalized spacial score (nSPS) is 11.6. The van der Waals surface area contributed by atoms with Crippen LogP contribution in [0.1, 0.15) is 5.56 Å². The third-order valence-electron chi connectivity index (χ3n) is 3.32. The molecule has 7 heteroatoms. The minimum absolute atomic E-state index is 0.0796. The van der Waals surface area contributed by atoms with Crippen LogP contribution in [0.2, 0.25) is 0 Å². The number of hydrogen-bond donors (Lipinski definition) is 1. The van der Waals surface area contributed by atoms with E-state index in [4.69, 9.17) is 0 Å². The molecule has 4 nitrogen and oxygen atoms in total. The summed E-state index contributed by atoms with van der Waals surface area (Å²) in [6.07, 6.45) is -2.81. The van der Waals surface area contributed by atoms with Crippen LogP contribution in [0.25, 0.3) is 10.9 Å². The Kier molecular flexibility index (Phi) is 3.77. The fraction of sp³-hybridized carbons (Fsp3) is 0.125. The molecule has 1 N–H and O–H groups in total. The highest BCUT2D eigenvalue weighted by atomic mass is 19.4. The lowest BCUT2D eigenvalue weighted by molar-refractivity contribution is -0.137. The predicted molar refractivity (Wildman–Crippen MR) is 79.8 cm³/mol. The van der Waals surface area contributed by atoms with Gasteiger partial charge in [0.2, 0.25) is 5.91 Å². The number of benzene rings is 2. The summed E-state index contributed by atoms with van der Waals surface area (Å²) in [5, 5.41) is 7.46. The van der Waals surface area contributed by atoms with Gasteiger partial charge in [-0.15, -0.1) is 0 Å². The van der Waals surface area contributed by atoms with E-state index in [2.05, 4.69) is 10.4 Å². The largest absolute Gasteiger partial charge is 0.416 e. The Balaban J connectivity index is 1.75. The average Bonchev–Trinajstić information content (AvgIpc) is 2.90. The first-order chi connectivity index (χ1) is 10.9. The zero-order valence-electron chi connectivity index (χ0n) is 11.8. The number of fused-ring (bicyclic) bond motifs is 1. The van der Waals surface area contributed by atoms with Gasteiger partial charge in [-0.1, -0.05) is 24.3 Å². The molecule has 1 heterocycles. The molecule has 0 aliphatic carbocycles. The number of anilines is 1. The molecule has 1 amide bonds. The number of alkyl halides is 3. The quantitative estimate of drug-likeness (QED) is 0.800. The number of nitrogens with zero attached hydrogens (tertiary/aromatic N) is 2. The highest BCUT2D eigenvalue weighted by molar-refractivity contribution is 5.91. The van der Waals surface area contributed by atoms with Gasteiger partial charge in [0.1, 0.15) is 6.54 Å². The lowest BCUT2D eigenvalue weighted by Gasteiger charge is -2.10. The molecule has 0 aliphatic rings. The molecule has 1 aromatic heterocycles. The summed E-state index contributed by atoms with van der Waals surface area (Å²) < 4.78 is 39.5. The van der Waals surface area contributed by atoms with Crippen LogP contribution in [0.15, 0.2) is 54.7 Å². The molecular weight excluding hydrogens is 307 g/mol. The first-order valence-corrected chi connectivity index (χ1v) is 6.81. The van der Waals surface area contributed by atoms with Crippen molar-refractivity contribution in [3.63, 3.8) is 0 Å². The van der Waals surface area contributed by atoms with Crippen LogP contribution in [0.5, 0.6) is 0 Å². The fourth-order valence-corrected chi connectivity index (χ4v) is 2.26. The third kappa shape index (κ3) is 3.33. The minimum Gasteiger partial charge on any atom is -0.324 e. The van der Waals surface area contributed by atoms with Gasteiger partial charge in [-0.25, -0.2) is 0 Å². The minimum atomic E-state index is -4.45. The summed E-state index contributed by atoms with van der Waals surface area (Å²) in [5.41, 5.74) is 0.0767. The molecule has 0 saturated heterocycles. The molecule has 0 fully saturated rings. The Bertz CT molecular complexity index is 855. The topological polar surface area (TPSA) is 46.9 Å². The second-order valence-corrected chi connectivity index (χ2v) is 4.99.